The molecule has 1 amide bonds. The first-order valence-corrected chi connectivity index (χ1v) is 3.68. The second-order valence-corrected chi connectivity index (χ2v) is 2.16. The van der Waals surface area contributed by atoms with E-state index in [1.165, 1.54) is 12.2 Å². The summed E-state index contributed by atoms with van der Waals surface area (Å²) >= 11 is 0. The minimum Gasteiger partial charge on any atom is -0.275 e. The van der Waals surface area contributed by atoms with Crippen LogP contribution in [-0.2, 0) is 9.63 Å². The Morgan fingerprint density at radius 1 is 1.55 bits per heavy atom. The van der Waals surface area contributed by atoms with Crippen molar-refractivity contribution in [1.29, 1.82) is 0 Å². The lowest BCUT2D eigenvalue weighted by Gasteiger charge is -2.11. The van der Waals surface area contributed by atoms with Crippen LogP contribution >= 0.6 is 0 Å². The molecule has 0 aliphatic carbocycles. The molecule has 0 heterocycles. The molecule has 0 aliphatic rings. The van der Waals surface area contributed by atoms with Gasteiger partial charge in [0.05, 0.1) is 7.11 Å². The number of hydroxylamine groups is 2. The van der Waals surface area contributed by atoms with Crippen molar-refractivity contribution in [2.24, 2.45) is 0 Å². The molecule has 0 bridgehead atoms. The van der Waals surface area contributed by atoms with Crippen molar-refractivity contribution in [3.8, 4) is 0 Å². The molecule has 0 saturated heterocycles. The topological polar surface area (TPSA) is 29.5 Å². The van der Waals surface area contributed by atoms with E-state index in [0.717, 1.165) is 6.42 Å². The van der Waals surface area contributed by atoms with Gasteiger partial charge in [-0.15, -0.1) is 0 Å². The summed E-state index contributed by atoms with van der Waals surface area (Å²) in [4.78, 5) is 15.7. The van der Waals surface area contributed by atoms with Crippen molar-refractivity contribution in [1.82, 2.24) is 5.06 Å². The summed E-state index contributed by atoms with van der Waals surface area (Å²) in [6.07, 6.45) is 5.18. The first kappa shape index (κ1) is 10.2. The molecule has 64 valence electrons. The number of carbonyl (C=O) groups is 1. The average molecular weight is 157 g/mol. The van der Waals surface area contributed by atoms with Crippen molar-refractivity contribution in [2.45, 2.75) is 19.8 Å². The molecule has 3 nitrogen and oxygen atoms in total. The third-order valence-electron chi connectivity index (χ3n) is 1.32. The molecule has 0 radical (unpaired) electrons. The first-order valence-electron chi connectivity index (χ1n) is 3.68. The maximum absolute atomic E-state index is 11.0. The average Bonchev–Trinajstić information content (AvgIpc) is 2.03. The maximum atomic E-state index is 11.0. The van der Waals surface area contributed by atoms with E-state index in [1.807, 2.05) is 19.1 Å². The van der Waals surface area contributed by atoms with Gasteiger partial charge >= 0.3 is 0 Å². The highest BCUT2D eigenvalue weighted by Gasteiger charge is 2.03. The SMILES string of the molecule is CC/C=C/CC(=O)N(C)OC. The third kappa shape index (κ3) is 4.56. The molecule has 0 spiro atoms. The summed E-state index contributed by atoms with van der Waals surface area (Å²) in [6, 6.07) is 0. The molecule has 0 unspecified atom stereocenters. The predicted octanol–water partition coefficient (Wildman–Crippen LogP) is 1.36. The van der Waals surface area contributed by atoms with Crippen molar-refractivity contribution in [2.75, 3.05) is 14.2 Å². The van der Waals surface area contributed by atoms with Crippen LogP contribution in [0.4, 0.5) is 0 Å². The normalized spacial score (nSPS) is 10.5. The van der Waals surface area contributed by atoms with Crippen LogP contribution in [-0.4, -0.2) is 25.1 Å². The minimum atomic E-state index is -0.0304. The fourth-order valence-electron chi connectivity index (χ4n) is 0.581. The molecule has 0 atom stereocenters. The van der Waals surface area contributed by atoms with Gasteiger partial charge in [0.2, 0.25) is 5.91 Å². The van der Waals surface area contributed by atoms with Crippen LogP contribution in [0.1, 0.15) is 19.8 Å². The maximum Gasteiger partial charge on any atom is 0.249 e. The molecular weight excluding hydrogens is 142 g/mol. The van der Waals surface area contributed by atoms with E-state index in [2.05, 4.69) is 0 Å². The Morgan fingerprint density at radius 3 is 2.64 bits per heavy atom. The number of hydrogen-bond donors (Lipinski definition) is 0. The number of allylic oxidation sites excluding steroid dienone is 1. The van der Waals surface area contributed by atoms with Gasteiger partial charge in [0.1, 0.15) is 0 Å². The van der Waals surface area contributed by atoms with Crippen LogP contribution in [0.3, 0.4) is 0 Å². The Labute approximate surface area is 67.6 Å². The molecule has 0 aromatic carbocycles. The van der Waals surface area contributed by atoms with E-state index in [9.17, 15) is 4.79 Å². The fourth-order valence-corrected chi connectivity index (χ4v) is 0.581. The summed E-state index contributed by atoms with van der Waals surface area (Å²) in [5.74, 6) is -0.0304. The monoisotopic (exact) mass is 157 g/mol. The van der Waals surface area contributed by atoms with Crippen LogP contribution in [0, 0.1) is 0 Å². The van der Waals surface area contributed by atoms with Gasteiger partial charge in [-0.1, -0.05) is 19.1 Å². The quantitative estimate of drug-likeness (QED) is 0.455. The van der Waals surface area contributed by atoms with Crippen LogP contribution in [0.5, 0.6) is 0 Å². The lowest BCUT2D eigenvalue weighted by Crippen LogP contribution is -2.24. The highest BCUT2D eigenvalue weighted by Crippen LogP contribution is 1.92. The van der Waals surface area contributed by atoms with Gasteiger partial charge in [-0.25, -0.2) is 5.06 Å². The molecule has 0 aromatic heterocycles. The molecule has 0 fully saturated rings. The van der Waals surface area contributed by atoms with Crippen molar-refractivity contribution in [3.05, 3.63) is 12.2 Å². The van der Waals surface area contributed by atoms with Crippen LogP contribution in [0.2, 0.25) is 0 Å². The largest absolute Gasteiger partial charge is 0.275 e. The molecule has 0 aliphatic heterocycles. The molecule has 0 rings (SSSR count). The molecule has 3 heteroatoms. The fraction of sp³-hybridized carbons (Fsp3) is 0.625. The first-order chi connectivity index (χ1) is 5.22. The summed E-state index contributed by atoms with van der Waals surface area (Å²) < 4.78 is 0. The summed E-state index contributed by atoms with van der Waals surface area (Å²) in [6.45, 7) is 2.03. The second-order valence-electron chi connectivity index (χ2n) is 2.16. The van der Waals surface area contributed by atoms with Gasteiger partial charge < -0.3 is 0 Å². The summed E-state index contributed by atoms with van der Waals surface area (Å²) in [7, 11) is 3.07. The van der Waals surface area contributed by atoms with E-state index in [0.29, 0.717) is 6.42 Å². The van der Waals surface area contributed by atoms with E-state index < -0.39 is 0 Å². The van der Waals surface area contributed by atoms with Crippen molar-refractivity contribution >= 4 is 5.91 Å². The highest BCUT2D eigenvalue weighted by molar-refractivity contribution is 5.76. The predicted molar refractivity (Wildman–Crippen MR) is 43.8 cm³/mol. The smallest absolute Gasteiger partial charge is 0.249 e. The Balaban J connectivity index is 3.60. The minimum absolute atomic E-state index is 0.0304. The van der Waals surface area contributed by atoms with E-state index in [1.54, 1.807) is 7.05 Å². The Morgan fingerprint density at radius 2 is 2.18 bits per heavy atom. The zero-order chi connectivity index (χ0) is 8.69. The van der Waals surface area contributed by atoms with Gasteiger partial charge in [-0.3, -0.25) is 9.63 Å². The third-order valence-corrected chi connectivity index (χ3v) is 1.32. The van der Waals surface area contributed by atoms with Crippen LogP contribution in [0.25, 0.3) is 0 Å². The van der Waals surface area contributed by atoms with Crippen molar-refractivity contribution < 1.29 is 9.63 Å². The highest BCUT2D eigenvalue weighted by atomic mass is 16.7. The van der Waals surface area contributed by atoms with Crippen molar-refractivity contribution in [3.63, 3.8) is 0 Å². The standard InChI is InChI=1S/C8H15NO2/c1-4-5-6-7-8(10)9(2)11-3/h5-6H,4,7H2,1-3H3/b6-5+. The van der Waals surface area contributed by atoms with Gasteiger partial charge in [0.15, 0.2) is 0 Å². The lowest BCUT2D eigenvalue weighted by molar-refractivity contribution is -0.167. The molecule has 0 N–H and O–H groups in total. The van der Waals surface area contributed by atoms with E-state index in [-0.39, 0.29) is 5.91 Å². The number of nitrogens with zero attached hydrogens (tertiary/aromatic N) is 1. The summed E-state index contributed by atoms with van der Waals surface area (Å²) in [5.41, 5.74) is 0. The number of rotatable bonds is 4. The number of carbonyl (C=O) groups excluding carboxylic acids is 1. The van der Waals surface area contributed by atoms with Gasteiger partial charge in [0.25, 0.3) is 0 Å². The Kier molecular flexibility index (Phi) is 5.47. The van der Waals surface area contributed by atoms with Gasteiger partial charge in [0, 0.05) is 13.5 Å². The second kappa shape index (κ2) is 5.92. The zero-order valence-corrected chi connectivity index (χ0v) is 7.33. The van der Waals surface area contributed by atoms with E-state index in [4.69, 9.17) is 4.84 Å². The molecule has 0 saturated carbocycles. The van der Waals surface area contributed by atoms with Gasteiger partial charge in [-0.05, 0) is 6.42 Å². The van der Waals surface area contributed by atoms with Gasteiger partial charge in [-0.2, -0.15) is 0 Å². The Hall–Kier alpha value is -0.830. The molecular formula is C8H15NO2. The molecule has 11 heavy (non-hydrogen) atoms. The van der Waals surface area contributed by atoms with Crippen LogP contribution < -0.4 is 0 Å². The summed E-state index contributed by atoms with van der Waals surface area (Å²) in [5, 5.41) is 1.22. The number of amides is 1. The Bertz CT molecular complexity index is 143. The van der Waals surface area contributed by atoms with Crippen LogP contribution in [0.15, 0.2) is 12.2 Å². The lowest BCUT2D eigenvalue weighted by atomic mass is 10.3. The molecule has 0 aromatic rings. The zero-order valence-electron chi connectivity index (χ0n) is 7.33. The van der Waals surface area contributed by atoms with E-state index >= 15 is 0 Å². The number of hydrogen-bond acceptors (Lipinski definition) is 2.